The zero-order chi connectivity index (χ0) is 17.1. The summed E-state index contributed by atoms with van der Waals surface area (Å²) in [4.78, 5) is 2.12. The number of fused-ring (bicyclic) bond motifs is 3. The van der Waals surface area contributed by atoms with E-state index in [9.17, 15) is 0 Å². The van der Waals surface area contributed by atoms with Gasteiger partial charge in [0.2, 0.25) is 5.16 Å². The van der Waals surface area contributed by atoms with Crippen LogP contribution in [0.3, 0.4) is 0 Å². The molecule has 7 heteroatoms. The molecule has 2 aliphatic rings. The maximum absolute atomic E-state index is 4.44. The molecular formula is C17H21N5S2. The summed E-state index contributed by atoms with van der Waals surface area (Å²) in [5, 5.41) is 15.8. The Morgan fingerprint density at radius 2 is 1.79 bits per heavy atom. The van der Waals surface area contributed by atoms with Gasteiger partial charge in [0, 0.05) is 30.6 Å². The second-order valence-corrected chi connectivity index (χ2v) is 9.19. The fraction of sp³-hybridized carbons (Fsp3) is 0.412. The third kappa shape index (κ3) is 2.41. The molecule has 24 heavy (non-hydrogen) atoms. The average molecular weight is 360 g/mol. The van der Waals surface area contributed by atoms with Crippen molar-refractivity contribution in [2.75, 3.05) is 24.0 Å². The highest BCUT2D eigenvalue weighted by Crippen LogP contribution is 2.51. The van der Waals surface area contributed by atoms with E-state index in [0.717, 1.165) is 11.0 Å². The highest BCUT2D eigenvalue weighted by Gasteiger charge is 2.41. The van der Waals surface area contributed by atoms with Gasteiger partial charge >= 0.3 is 0 Å². The summed E-state index contributed by atoms with van der Waals surface area (Å²) < 4.78 is 2.20. The number of anilines is 1. The van der Waals surface area contributed by atoms with E-state index >= 15 is 0 Å². The molecule has 0 N–H and O–H groups in total. The molecule has 2 aliphatic heterocycles. The molecule has 4 rings (SSSR count). The summed E-state index contributed by atoms with van der Waals surface area (Å²) >= 11 is 3.54. The molecule has 0 spiro atoms. The number of thioether (sulfide) groups is 2. The van der Waals surface area contributed by atoms with Crippen molar-refractivity contribution in [1.29, 1.82) is 0 Å². The van der Waals surface area contributed by atoms with E-state index in [0.29, 0.717) is 0 Å². The van der Waals surface area contributed by atoms with Gasteiger partial charge in [0.05, 0.1) is 0 Å². The van der Waals surface area contributed by atoms with Crippen LogP contribution in [0.4, 0.5) is 5.69 Å². The lowest BCUT2D eigenvalue weighted by atomic mass is 9.96. The van der Waals surface area contributed by atoms with Crippen LogP contribution in [0.2, 0.25) is 0 Å². The Hall–Kier alpha value is -1.60. The highest BCUT2D eigenvalue weighted by atomic mass is 32.2. The van der Waals surface area contributed by atoms with Crippen molar-refractivity contribution >= 4 is 29.2 Å². The molecule has 0 saturated heterocycles. The molecule has 2 aromatic rings. The molecule has 0 radical (unpaired) electrons. The minimum atomic E-state index is -0.0478. The zero-order valence-electron chi connectivity index (χ0n) is 14.5. The molecule has 0 saturated carbocycles. The summed E-state index contributed by atoms with van der Waals surface area (Å²) in [6, 6.07) is 8.78. The first-order valence-corrected chi connectivity index (χ1v) is 9.68. The quantitative estimate of drug-likeness (QED) is 0.809. The van der Waals surface area contributed by atoms with Gasteiger partial charge < -0.3 is 4.90 Å². The maximum Gasteiger partial charge on any atom is 0.216 e. The van der Waals surface area contributed by atoms with Gasteiger partial charge in [-0.25, -0.2) is 4.68 Å². The first-order valence-electron chi connectivity index (χ1n) is 7.92. The van der Waals surface area contributed by atoms with E-state index in [1.54, 1.807) is 11.8 Å². The van der Waals surface area contributed by atoms with Crippen LogP contribution in [0.15, 0.2) is 39.9 Å². The third-order valence-electron chi connectivity index (χ3n) is 4.13. The molecule has 0 fully saturated rings. The molecule has 3 heterocycles. The van der Waals surface area contributed by atoms with Gasteiger partial charge in [0.1, 0.15) is 10.4 Å². The van der Waals surface area contributed by atoms with Crippen LogP contribution in [-0.2, 0) is 5.41 Å². The highest BCUT2D eigenvalue weighted by molar-refractivity contribution is 8.07. The largest absolute Gasteiger partial charge is 0.378 e. The Morgan fingerprint density at radius 1 is 1.08 bits per heavy atom. The van der Waals surface area contributed by atoms with Gasteiger partial charge in [-0.3, -0.25) is 5.01 Å². The van der Waals surface area contributed by atoms with Crippen LogP contribution in [0.25, 0.3) is 0 Å². The van der Waals surface area contributed by atoms with E-state index in [4.69, 9.17) is 0 Å². The van der Waals surface area contributed by atoms with E-state index in [2.05, 4.69) is 89.3 Å². The summed E-state index contributed by atoms with van der Waals surface area (Å²) in [6.45, 7) is 6.54. The van der Waals surface area contributed by atoms with E-state index < -0.39 is 0 Å². The van der Waals surface area contributed by atoms with Gasteiger partial charge in [-0.2, -0.15) is 0 Å². The lowest BCUT2D eigenvalue weighted by molar-refractivity contribution is 0.485. The molecule has 5 nitrogen and oxygen atoms in total. The minimum Gasteiger partial charge on any atom is -0.378 e. The van der Waals surface area contributed by atoms with Crippen molar-refractivity contribution in [3.05, 3.63) is 46.1 Å². The molecule has 1 unspecified atom stereocenters. The summed E-state index contributed by atoms with van der Waals surface area (Å²) in [5.41, 5.74) is 2.46. The second-order valence-electron chi connectivity index (χ2n) is 7.25. The third-order valence-corrected chi connectivity index (χ3v) is 6.32. The van der Waals surface area contributed by atoms with Gasteiger partial charge in [-0.1, -0.05) is 44.7 Å². The predicted octanol–water partition coefficient (Wildman–Crippen LogP) is 3.93. The second kappa shape index (κ2) is 5.46. The Kier molecular flexibility index (Phi) is 3.61. The van der Waals surface area contributed by atoms with Crippen LogP contribution in [0, 0.1) is 0 Å². The van der Waals surface area contributed by atoms with Gasteiger partial charge in [0.15, 0.2) is 5.82 Å². The fourth-order valence-electron chi connectivity index (χ4n) is 2.87. The average Bonchev–Trinajstić information content (AvgIpc) is 3.16. The maximum atomic E-state index is 4.44. The van der Waals surface area contributed by atoms with E-state index in [1.165, 1.54) is 16.3 Å². The van der Waals surface area contributed by atoms with Gasteiger partial charge in [0.25, 0.3) is 0 Å². The van der Waals surface area contributed by atoms with Gasteiger partial charge in [-0.15, -0.1) is 10.2 Å². The summed E-state index contributed by atoms with van der Waals surface area (Å²) in [6.07, 6.45) is 0. The molecule has 1 aromatic carbocycles. The Labute approximate surface area is 151 Å². The minimum absolute atomic E-state index is 0.0478. The van der Waals surface area contributed by atoms with Crippen molar-refractivity contribution in [2.45, 2.75) is 36.7 Å². The topological polar surface area (TPSA) is 37.2 Å². The normalized spacial score (nSPS) is 19.3. The van der Waals surface area contributed by atoms with Crippen LogP contribution in [0.1, 0.15) is 37.5 Å². The van der Waals surface area contributed by atoms with Crippen molar-refractivity contribution in [2.24, 2.45) is 0 Å². The van der Waals surface area contributed by atoms with Crippen molar-refractivity contribution in [1.82, 2.24) is 14.9 Å². The standard InChI is InChI=1S/C17H21N5S2/c1-17(2,3)15-18-19-16-22(15)21-13(24-16)10-23-14(21)11-6-8-12(9-7-11)20(4)5/h6-10,14H,1-5H3. The van der Waals surface area contributed by atoms with E-state index in [1.807, 2.05) is 11.8 Å². The smallest absolute Gasteiger partial charge is 0.216 e. The first kappa shape index (κ1) is 15.9. The Balaban J connectivity index is 1.72. The van der Waals surface area contributed by atoms with E-state index in [-0.39, 0.29) is 10.8 Å². The van der Waals surface area contributed by atoms with Crippen LogP contribution in [-0.4, -0.2) is 29.0 Å². The molecule has 126 valence electrons. The number of aromatic nitrogens is 3. The van der Waals surface area contributed by atoms with Crippen LogP contribution >= 0.6 is 23.5 Å². The number of nitrogens with zero attached hydrogens (tertiary/aromatic N) is 5. The molecular weight excluding hydrogens is 338 g/mol. The van der Waals surface area contributed by atoms with Crippen LogP contribution < -0.4 is 9.91 Å². The summed E-state index contributed by atoms with van der Waals surface area (Å²) in [5.74, 6) is 1.01. The van der Waals surface area contributed by atoms with Crippen molar-refractivity contribution in [3.8, 4) is 0 Å². The molecule has 0 amide bonds. The Morgan fingerprint density at radius 3 is 2.42 bits per heavy atom. The summed E-state index contributed by atoms with van der Waals surface area (Å²) in [7, 11) is 4.13. The number of hydrogen-bond donors (Lipinski definition) is 0. The molecule has 0 aliphatic carbocycles. The van der Waals surface area contributed by atoms with Gasteiger partial charge in [-0.05, 0) is 29.5 Å². The zero-order valence-corrected chi connectivity index (χ0v) is 16.1. The first-order chi connectivity index (χ1) is 11.4. The molecule has 0 bridgehead atoms. The predicted molar refractivity (Wildman–Crippen MR) is 102 cm³/mol. The molecule has 1 aromatic heterocycles. The number of rotatable bonds is 2. The SMILES string of the molecule is CN(C)c1ccc(C2SC=C3Sc4nnc(C(C)(C)C)n4N32)cc1. The van der Waals surface area contributed by atoms with Crippen molar-refractivity contribution < 1.29 is 0 Å². The number of hydrogen-bond acceptors (Lipinski definition) is 6. The van der Waals surface area contributed by atoms with Crippen molar-refractivity contribution in [3.63, 3.8) is 0 Å². The lowest BCUT2D eigenvalue weighted by Gasteiger charge is -2.29. The Bertz CT molecular complexity index is 801. The number of benzene rings is 1. The van der Waals surface area contributed by atoms with Crippen LogP contribution in [0.5, 0.6) is 0 Å². The fourth-order valence-corrected chi connectivity index (χ4v) is 5.09. The monoisotopic (exact) mass is 359 g/mol. The molecule has 1 atom stereocenters. The lowest BCUT2D eigenvalue weighted by Crippen LogP contribution is -2.34.